The molecular weight excluding hydrogens is 540 g/mol. The predicted octanol–water partition coefficient (Wildman–Crippen LogP) is 6.22. The van der Waals surface area contributed by atoms with Gasteiger partial charge in [-0.1, -0.05) is 29.0 Å². The van der Waals surface area contributed by atoms with Gasteiger partial charge in [0, 0.05) is 10.6 Å². The number of anilines is 1. The first-order valence-electron chi connectivity index (χ1n) is 11.9. The first kappa shape index (κ1) is 26.5. The second-order valence-corrected chi connectivity index (χ2v) is 10.5. The first-order valence-corrected chi connectivity index (χ1v) is 13.1. The smallest absolute Gasteiger partial charge is 0.301 e. The third-order valence-corrected chi connectivity index (χ3v) is 7.84. The maximum atomic E-state index is 13.6. The Morgan fingerprint density at radius 3 is 2.21 bits per heavy atom. The molecule has 1 amide bonds. The van der Waals surface area contributed by atoms with Crippen LogP contribution in [0.25, 0.3) is 16.0 Å². The fourth-order valence-electron chi connectivity index (χ4n) is 4.83. The van der Waals surface area contributed by atoms with Crippen LogP contribution < -0.4 is 19.1 Å². The van der Waals surface area contributed by atoms with Gasteiger partial charge in [-0.3, -0.25) is 14.5 Å². The molecule has 0 aliphatic carbocycles. The molecular formula is C29H25ClN2O6S. The lowest BCUT2D eigenvalue weighted by atomic mass is 9.95. The minimum Gasteiger partial charge on any atom is -0.507 e. The second kappa shape index (κ2) is 10.2. The monoisotopic (exact) mass is 564 g/mol. The van der Waals surface area contributed by atoms with Gasteiger partial charge in [0.15, 0.2) is 16.6 Å². The molecule has 2 heterocycles. The molecule has 0 unspecified atom stereocenters. The van der Waals surface area contributed by atoms with E-state index in [1.165, 1.54) is 37.6 Å². The van der Waals surface area contributed by atoms with E-state index in [1.807, 2.05) is 26.0 Å². The van der Waals surface area contributed by atoms with Crippen LogP contribution in [0.3, 0.4) is 0 Å². The number of fused-ring (bicyclic) bond motifs is 1. The van der Waals surface area contributed by atoms with Crippen molar-refractivity contribution in [3.63, 3.8) is 0 Å². The summed E-state index contributed by atoms with van der Waals surface area (Å²) in [6.45, 7) is 3.93. The van der Waals surface area contributed by atoms with Crippen molar-refractivity contribution in [2.24, 2.45) is 0 Å². The van der Waals surface area contributed by atoms with Crippen LogP contribution in [0.15, 0.2) is 54.1 Å². The van der Waals surface area contributed by atoms with E-state index in [-0.39, 0.29) is 11.3 Å². The third-order valence-electron chi connectivity index (χ3n) is 6.59. The van der Waals surface area contributed by atoms with Crippen molar-refractivity contribution in [2.45, 2.75) is 19.9 Å². The summed E-state index contributed by atoms with van der Waals surface area (Å²) in [6, 6.07) is 12.6. The number of aliphatic hydroxyl groups is 1. The van der Waals surface area contributed by atoms with E-state index in [1.54, 1.807) is 36.4 Å². The number of hydrogen-bond acceptors (Lipinski definition) is 8. The summed E-state index contributed by atoms with van der Waals surface area (Å²) in [5.74, 6) is -0.964. The predicted molar refractivity (Wildman–Crippen MR) is 151 cm³/mol. The van der Waals surface area contributed by atoms with Gasteiger partial charge >= 0.3 is 5.91 Å². The lowest BCUT2D eigenvalue weighted by Gasteiger charge is -2.24. The Hall–Kier alpha value is -4.08. The average molecular weight is 565 g/mol. The number of thiazole rings is 1. The van der Waals surface area contributed by atoms with Gasteiger partial charge < -0.3 is 19.3 Å². The van der Waals surface area contributed by atoms with Crippen molar-refractivity contribution in [2.75, 3.05) is 26.2 Å². The highest BCUT2D eigenvalue weighted by Crippen LogP contribution is 2.48. The lowest BCUT2D eigenvalue weighted by molar-refractivity contribution is -0.132. The van der Waals surface area contributed by atoms with Gasteiger partial charge in [-0.05, 0) is 73.0 Å². The highest BCUT2D eigenvalue weighted by molar-refractivity contribution is 7.22. The van der Waals surface area contributed by atoms with E-state index in [0.717, 1.165) is 21.3 Å². The maximum Gasteiger partial charge on any atom is 0.301 e. The molecule has 0 bridgehead atoms. The number of hydrogen-bond donors (Lipinski definition) is 1. The fourth-order valence-corrected chi connectivity index (χ4v) is 6.12. The number of aryl methyl sites for hydroxylation is 2. The number of aromatic nitrogens is 1. The molecule has 200 valence electrons. The zero-order chi connectivity index (χ0) is 28.0. The molecule has 1 aliphatic heterocycles. The van der Waals surface area contributed by atoms with E-state index < -0.39 is 17.7 Å². The van der Waals surface area contributed by atoms with Crippen LogP contribution in [0, 0.1) is 13.8 Å². The number of rotatable bonds is 6. The van der Waals surface area contributed by atoms with E-state index in [4.69, 9.17) is 30.8 Å². The van der Waals surface area contributed by atoms with Gasteiger partial charge in [0.05, 0.1) is 43.2 Å². The van der Waals surface area contributed by atoms with Crippen molar-refractivity contribution >= 4 is 55.7 Å². The molecule has 0 spiro atoms. The molecule has 1 aliphatic rings. The summed E-state index contributed by atoms with van der Waals surface area (Å²) < 4.78 is 17.4. The van der Waals surface area contributed by atoms with Crippen LogP contribution in [0.2, 0.25) is 5.02 Å². The van der Waals surface area contributed by atoms with Crippen LogP contribution in [-0.2, 0) is 9.59 Å². The minimum absolute atomic E-state index is 0.0937. The number of Topliss-reactive ketones (excluding diaryl/α,β-unsaturated/α-hetero) is 1. The van der Waals surface area contributed by atoms with Crippen LogP contribution in [0.1, 0.15) is 28.3 Å². The Morgan fingerprint density at radius 1 is 0.974 bits per heavy atom. The molecule has 39 heavy (non-hydrogen) atoms. The third kappa shape index (κ3) is 4.47. The van der Waals surface area contributed by atoms with Crippen LogP contribution >= 0.6 is 22.9 Å². The number of carbonyl (C=O) groups excluding carboxylic acids is 2. The fraction of sp³-hybridized carbons (Fsp3) is 0.207. The number of methoxy groups -OCH3 is 3. The summed E-state index contributed by atoms with van der Waals surface area (Å²) in [7, 11) is 4.44. The number of aliphatic hydroxyl groups excluding tert-OH is 1. The average Bonchev–Trinajstić information content (AvgIpc) is 3.46. The van der Waals surface area contributed by atoms with Crippen molar-refractivity contribution in [3.8, 4) is 17.2 Å². The summed E-state index contributed by atoms with van der Waals surface area (Å²) in [6.07, 6.45) is 0. The Labute approximate surface area is 234 Å². The van der Waals surface area contributed by atoms with Crippen molar-refractivity contribution < 1.29 is 28.9 Å². The molecule has 8 nitrogen and oxygen atoms in total. The number of ketones is 1. The number of nitrogens with zero attached hydrogens (tertiary/aromatic N) is 2. The van der Waals surface area contributed by atoms with E-state index in [9.17, 15) is 14.7 Å². The van der Waals surface area contributed by atoms with Gasteiger partial charge in [-0.25, -0.2) is 4.98 Å². The number of amides is 1. The largest absolute Gasteiger partial charge is 0.507 e. The van der Waals surface area contributed by atoms with Gasteiger partial charge in [0.2, 0.25) is 5.75 Å². The minimum atomic E-state index is -1.03. The molecule has 4 aromatic rings. The molecule has 5 rings (SSSR count). The molecule has 1 saturated heterocycles. The quantitative estimate of drug-likeness (QED) is 0.169. The zero-order valence-electron chi connectivity index (χ0n) is 21.9. The number of carbonyl (C=O) groups is 2. The highest BCUT2D eigenvalue weighted by atomic mass is 35.5. The van der Waals surface area contributed by atoms with Crippen LogP contribution in [-0.4, -0.2) is 43.1 Å². The maximum absolute atomic E-state index is 13.6. The summed E-state index contributed by atoms with van der Waals surface area (Å²) in [4.78, 5) is 33.3. The molecule has 0 radical (unpaired) electrons. The van der Waals surface area contributed by atoms with Gasteiger partial charge in [0.25, 0.3) is 5.78 Å². The molecule has 3 aromatic carbocycles. The Morgan fingerprint density at radius 2 is 1.62 bits per heavy atom. The number of ether oxygens (including phenoxy) is 3. The Bertz CT molecular complexity index is 1640. The van der Waals surface area contributed by atoms with Crippen molar-refractivity contribution in [1.29, 1.82) is 0 Å². The van der Waals surface area contributed by atoms with Crippen molar-refractivity contribution in [3.05, 3.63) is 81.4 Å². The van der Waals surface area contributed by atoms with E-state index in [2.05, 4.69) is 0 Å². The molecule has 1 fully saturated rings. The normalized spacial score (nSPS) is 16.7. The molecule has 1 aromatic heterocycles. The second-order valence-electron chi connectivity index (χ2n) is 9.06. The topological polar surface area (TPSA) is 98.2 Å². The van der Waals surface area contributed by atoms with Gasteiger partial charge in [-0.2, -0.15) is 0 Å². The van der Waals surface area contributed by atoms with Crippen molar-refractivity contribution in [1.82, 2.24) is 4.98 Å². The van der Waals surface area contributed by atoms with E-state index in [0.29, 0.717) is 38.5 Å². The Kier molecular flexibility index (Phi) is 6.96. The van der Waals surface area contributed by atoms with Gasteiger partial charge in [0.1, 0.15) is 5.76 Å². The number of benzene rings is 3. The first-order chi connectivity index (χ1) is 18.7. The molecule has 0 saturated carbocycles. The molecule has 10 heteroatoms. The van der Waals surface area contributed by atoms with E-state index >= 15 is 0 Å². The molecule has 1 atom stereocenters. The van der Waals surface area contributed by atoms with Crippen LogP contribution in [0.4, 0.5) is 5.13 Å². The Balaban J connectivity index is 1.80. The SMILES string of the molecule is COc1cc([C@@H]2/C(=C(\O)c3ccc(Cl)cc3)C(=O)C(=O)N2c2nc3c(C)cc(C)cc3s2)cc(OC)c1OC. The summed E-state index contributed by atoms with van der Waals surface area (Å²) in [5.41, 5.74) is 3.46. The standard InChI is InChI=1S/C29H25ClN2O6S/c1-14-10-15(2)23-21(11-14)39-29(31-23)32-24(17-12-19(36-3)27(38-5)20(13-17)37-4)22(26(34)28(32)35)25(33)16-6-8-18(30)9-7-16/h6-13,24,33H,1-5H3/b25-22+/t24-/m1/s1. The highest BCUT2D eigenvalue weighted by Gasteiger charge is 2.48. The summed E-state index contributed by atoms with van der Waals surface area (Å²) in [5, 5.41) is 12.2. The lowest BCUT2D eigenvalue weighted by Crippen LogP contribution is -2.29. The zero-order valence-corrected chi connectivity index (χ0v) is 23.4. The summed E-state index contributed by atoms with van der Waals surface area (Å²) >= 11 is 7.34. The number of halogens is 1. The molecule has 1 N–H and O–H groups in total. The van der Waals surface area contributed by atoms with Gasteiger partial charge in [-0.15, -0.1) is 0 Å². The van der Waals surface area contributed by atoms with Crippen LogP contribution in [0.5, 0.6) is 17.2 Å².